The van der Waals surface area contributed by atoms with Crippen molar-refractivity contribution in [3.63, 3.8) is 0 Å². The average molecular weight is 376 g/mol. The molecule has 0 aromatic carbocycles. The molecule has 3 rings (SSSR count). The van der Waals surface area contributed by atoms with Crippen molar-refractivity contribution in [3.8, 4) is 0 Å². The van der Waals surface area contributed by atoms with Crippen molar-refractivity contribution in [2.75, 3.05) is 10.6 Å². The maximum atomic E-state index is 11.3. The summed E-state index contributed by atoms with van der Waals surface area (Å²) in [6.45, 7) is 4.84. The number of anilines is 2. The summed E-state index contributed by atoms with van der Waals surface area (Å²) in [6, 6.07) is 0. The standard InChI is InChI=1S/C15H20N8O2S/c1-9-11(7-18-21(9)3)5-16-13-14(23(24)25)26-15(20-13)17-6-12-8-19-22(4)10(12)2/h7-8,16H,5-6H2,1-4H3,(H,17,20). The first-order chi connectivity index (χ1) is 12.4. The van der Waals surface area contributed by atoms with Gasteiger partial charge in [-0.15, -0.1) is 0 Å². The van der Waals surface area contributed by atoms with Crippen LogP contribution in [0, 0.1) is 24.0 Å². The Morgan fingerprint density at radius 3 is 2.08 bits per heavy atom. The summed E-state index contributed by atoms with van der Waals surface area (Å²) in [5.41, 5.74) is 4.02. The normalized spacial score (nSPS) is 10.9. The molecule has 3 aromatic rings. The molecule has 11 heteroatoms. The molecule has 3 heterocycles. The van der Waals surface area contributed by atoms with E-state index in [9.17, 15) is 10.1 Å². The van der Waals surface area contributed by atoms with Gasteiger partial charge in [-0.1, -0.05) is 0 Å². The van der Waals surface area contributed by atoms with Crippen LogP contribution in [0.25, 0.3) is 0 Å². The van der Waals surface area contributed by atoms with Crippen molar-refractivity contribution in [1.29, 1.82) is 0 Å². The second-order valence-corrected chi connectivity index (χ2v) is 6.87. The Hall–Kier alpha value is -2.95. The molecule has 0 saturated carbocycles. The lowest BCUT2D eigenvalue weighted by Gasteiger charge is -2.03. The summed E-state index contributed by atoms with van der Waals surface area (Å²) in [5, 5.41) is 26.3. The van der Waals surface area contributed by atoms with Gasteiger partial charge in [0.1, 0.15) is 0 Å². The fraction of sp³-hybridized carbons (Fsp3) is 0.400. The van der Waals surface area contributed by atoms with Gasteiger partial charge in [0, 0.05) is 49.7 Å². The van der Waals surface area contributed by atoms with Gasteiger partial charge in [0.15, 0.2) is 5.13 Å². The van der Waals surface area contributed by atoms with Crippen LogP contribution in [0.4, 0.5) is 16.0 Å². The van der Waals surface area contributed by atoms with E-state index in [4.69, 9.17) is 0 Å². The topological polar surface area (TPSA) is 116 Å². The second kappa shape index (κ2) is 7.12. The van der Waals surface area contributed by atoms with Gasteiger partial charge in [-0.2, -0.15) is 15.2 Å². The number of hydrogen-bond donors (Lipinski definition) is 2. The fourth-order valence-electron chi connectivity index (χ4n) is 2.41. The summed E-state index contributed by atoms with van der Waals surface area (Å²) < 4.78 is 3.54. The SMILES string of the molecule is Cc1c(CNc2nc(NCc3cnn(C)c3C)c([N+](=O)[O-])s2)cnn1C. The van der Waals surface area contributed by atoms with Gasteiger partial charge in [-0.25, -0.2) is 0 Å². The van der Waals surface area contributed by atoms with Crippen LogP contribution < -0.4 is 10.6 Å². The van der Waals surface area contributed by atoms with Crippen molar-refractivity contribution in [3.05, 3.63) is 45.0 Å². The van der Waals surface area contributed by atoms with Crippen LogP contribution in [0.15, 0.2) is 12.4 Å². The third kappa shape index (κ3) is 3.52. The van der Waals surface area contributed by atoms with Crippen LogP contribution in [0.2, 0.25) is 0 Å². The van der Waals surface area contributed by atoms with E-state index in [1.807, 2.05) is 27.9 Å². The molecule has 0 amide bonds. The average Bonchev–Trinajstić information content (AvgIpc) is 3.25. The monoisotopic (exact) mass is 376 g/mol. The van der Waals surface area contributed by atoms with E-state index >= 15 is 0 Å². The number of nitro groups is 1. The lowest BCUT2D eigenvalue weighted by Crippen LogP contribution is -2.04. The highest BCUT2D eigenvalue weighted by atomic mass is 32.1. The largest absolute Gasteiger partial charge is 0.369 e. The first-order valence-electron chi connectivity index (χ1n) is 7.94. The minimum absolute atomic E-state index is 0.0167. The number of nitrogens with one attached hydrogen (secondary N) is 2. The van der Waals surface area contributed by atoms with Crippen LogP contribution in [-0.4, -0.2) is 29.5 Å². The second-order valence-electron chi connectivity index (χ2n) is 5.89. The van der Waals surface area contributed by atoms with E-state index in [0.717, 1.165) is 33.9 Å². The maximum Gasteiger partial charge on any atom is 0.369 e. The summed E-state index contributed by atoms with van der Waals surface area (Å²) in [5.74, 6) is 0.258. The highest BCUT2D eigenvalue weighted by Gasteiger charge is 2.22. The smallest absolute Gasteiger partial charge is 0.359 e. The lowest BCUT2D eigenvalue weighted by molar-refractivity contribution is -0.379. The van der Waals surface area contributed by atoms with E-state index in [-0.39, 0.29) is 10.8 Å². The van der Waals surface area contributed by atoms with Gasteiger partial charge in [0.25, 0.3) is 0 Å². The molecule has 10 nitrogen and oxygen atoms in total. The number of aromatic nitrogens is 5. The lowest BCUT2D eigenvalue weighted by atomic mass is 10.2. The summed E-state index contributed by atoms with van der Waals surface area (Å²) in [4.78, 5) is 15.2. The molecule has 0 radical (unpaired) electrons. The molecule has 0 saturated heterocycles. The number of thiazole rings is 1. The summed E-state index contributed by atoms with van der Waals surface area (Å²) in [7, 11) is 3.72. The number of hydrogen-bond acceptors (Lipinski definition) is 8. The quantitative estimate of drug-likeness (QED) is 0.480. The van der Waals surface area contributed by atoms with Crippen LogP contribution in [0.5, 0.6) is 0 Å². The Bertz CT molecular complexity index is 942. The fourth-order valence-corrected chi connectivity index (χ4v) is 3.17. The minimum Gasteiger partial charge on any atom is -0.359 e. The highest BCUT2D eigenvalue weighted by molar-refractivity contribution is 7.19. The molecule has 0 spiro atoms. The molecule has 0 bridgehead atoms. The molecule has 0 aliphatic carbocycles. The van der Waals surface area contributed by atoms with Gasteiger partial charge >= 0.3 is 5.00 Å². The molecule has 0 aliphatic heterocycles. The van der Waals surface area contributed by atoms with Crippen LogP contribution >= 0.6 is 11.3 Å². The number of nitrogens with zero attached hydrogens (tertiary/aromatic N) is 6. The van der Waals surface area contributed by atoms with E-state index in [1.54, 1.807) is 21.8 Å². The molecule has 3 aromatic heterocycles. The molecule has 0 unspecified atom stereocenters. The summed E-state index contributed by atoms with van der Waals surface area (Å²) in [6.07, 6.45) is 3.51. The molecule has 0 atom stereocenters. The van der Waals surface area contributed by atoms with Gasteiger partial charge < -0.3 is 10.6 Å². The number of rotatable bonds is 7. The van der Waals surface area contributed by atoms with Crippen LogP contribution in [0.1, 0.15) is 22.5 Å². The molecule has 0 aliphatic rings. The predicted molar refractivity (Wildman–Crippen MR) is 99.3 cm³/mol. The highest BCUT2D eigenvalue weighted by Crippen LogP contribution is 2.35. The van der Waals surface area contributed by atoms with Crippen molar-refractivity contribution in [2.24, 2.45) is 14.1 Å². The minimum atomic E-state index is -0.420. The van der Waals surface area contributed by atoms with Gasteiger partial charge in [-0.05, 0) is 25.2 Å². The van der Waals surface area contributed by atoms with Gasteiger partial charge in [0.05, 0.1) is 17.3 Å². The van der Waals surface area contributed by atoms with Crippen LogP contribution in [0.3, 0.4) is 0 Å². The van der Waals surface area contributed by atoms with Crippen molar-refractivity contribution < 1.29 is 4.92 Å². The molecular formula is C15H20N8O2S. The first kappa shape index (κ1) is 17.9. The number of aryl methyl sites for hydroxylation is 2. The third-order valence-electron chi connectivity index (χ3n) is 4.33. The first-order valence-corrected chi connectivity index (χ1v) is 8.76. The molecule has 2 N–H and O–H groups in total. The summed E-state index contributed by atoms with van der Waals surface area (Å²) >= 11 is 1.01. The Balaban J connectivity index is 1.72. The zero-order valence-electron chi connectivity index (χ0n) is 15.0. The van der Waals surface area contributed by atoms with E-state index in [0.29, 0.717) is 18.2 Å². The van der Waals surface area contributed by atoms with Crippen LogP contribution in [-0.2, 0) is 27.2 Å². The third-order valence-corrected chi connectivity index (χ3v) is 5.29. The Morgan fingerprint density at radius 2 is 1.62 bits per heavy atom. The van der Waals surface area contributed by atoms with Crippen molar-refractivity contribution in [1.82, 2.24) is 24.5 Å². The zero-order chi connectivity index (χ0) is 18.8. The molecule has 26 heavy (non-hydrogen) atoms. The Labute approximate surface area is 154 Å². The Morgan fingerprint density at radius 1 is 1.08 bits per heavy atom. The van der Waals surface area contributed by atoms with Gasteiger partial charge in [-0.3, -0.25) is 19.5 Å². The Kier molecular flexibility index (Phi) is 4.89. The molecular weight excluding hydrogens is 356 g/mol. The van der Waals surface area contributed by atoms with E-state index in [2.05, 4.69) is 25.8 Å². The van der Waals surface area contributed by atoms with E-state index < -0.39 is 4.92 Å². The molecule has 138 valence electrons. The maximum absolute atomic E-state index is 11.3. The van der Waals surface area contributed by atoms with E-state index in [1.165, 1.54) is 0 Å². The van der Waals surface area contributed by atoms with Crippen molar-refractivity contribution in [2.45, 2.75) is 26.9 Å². The molecule has 0 fully saturated rings. The zero-order valence-corrected chi connectivity index (χ0v) is 15.8. The van der Waals surface area contributed by atoms with Gasteiger partial charge in [0.2, 0.25) is 5.82 Å². The van der Waals surface area contributed by atoms with Crippen molar-refractivity contribution >= 4 is 27.3 Å². The predicted octanol–water partition coefficient (Wildman–Crippen LogP) is 2.36.